The predicted octanol–water partition coefficient (Wildman–Crippen LogP) is 14.3. The van der Waals surface area contributed by atoms with Crippen molar-refractivity contribution in [1.29, 1.82) is 0 Å². The van der Waals surface area contributed by atoms with Gasteiger partial charge in [0.15, 0.2) is 0 Å². The van der Waals surface area contributed by atoms with Crippen molar-refractivity contribution in [2.75, 3.05) is 40.3 Å². The second-order valence-electron chi connectivity index (χ2n) is 17.7. The van der Waals surface area contributed by atoms with Gasteiger partial charge in [-0.25, -0.2) is 0 Å². The number of hydrogen-bond donors (Lipinski definition) is 1. The second kappa shape index (κ2) is 47.3. The Kier molecular flexibility index (Phi) is 46.8. The van der Waals surface area contributed by atoms with Crippen molar-refractivity contribution in [3.8, 4) is 0 Å². The molecule has 0 aromatic carbocycles. The summed E-state index contributed by atoms with van der Waals surface area (Å²) >= 11 is 1.63. The van der Waals surface area contributed by atoms with Gasteiger partial charge in [0.05, 0.1) is 18.7 Å². The quantitative estimate of drug-likeness (QED) is 0.0397. The Hall–Kier alpha value is -2.79. The molecule has 66 heavy (non-hydrogen) atoms. The number of ether oxygens (including phenoxy) is 2. The Morgan fingerprint density at radius 3 is 1.74 bits per heavy atom. The van der Waals surface area contributed by atoms with Gasteiger partial charge < -0.3 is 29.4 Å². The zero-order chi connectivity index (χ0) is 49.6. The fourth-order valence-electron chi connectivity index (χ4n) is 7.86. The summed E-state index contributed by atoms with van der Waals surface area (Å²) < 4.78 is 11.1. The number of esters is 2. The van der Waals surface area contributed by atoms with Crippen molar-refractivity contribution < 1.29 is 33.4 Å². The number of hydrogen-bond acceptors (Lipinski definition) is 9. The largest absolute Gasteiger partial charge is 0.466 e. The molecule has 1 aliphatic heterocycles. The molecule has 0 saturated carbocycles. The lowest BCUT2D eigenvalue weighted by Gasteiger charge is -2.27. The van der Waals surface area contributed by atoms with Crippen LogP contribution in [-0.4, -0.2) is 86.3 Å². The lowest BCUT2D eigenvalue weighted by molar-refractivity contribution is -0.150. The molecule has 0 fully saturated rings. The van der Waals surface area contributed by atoms with Crippen LogP contribution in [0.1, 0.15) is 260 Å². The van der Waals surface area contributed by atoms with Gasteiger partial charge in [-0.1, -0.05) is 151 Å². The Balaban J connectivity index is 0. The monoisotopic (exact) mass is 950 g/mol. The third-order valence-electron chi connectivity index (χ3n) is 11.7. The van der Waals surface area contributed by atoms with Crippen LogP contribution >= 0.6 is 11.3 Å². The van der Waals surface area contributed by atoms with E-state index in [9.17, 15) is 24.0 Å². The van der Waals surface area contributed by atoms with Crippen molar-refractivity contribution in [2.24, 2.45) is 0 Å². The maximum absolute atomic E-state index is 12.8. The van der Waals surface area contributed by atoms with Gasteiger partial charge >= 0.3 is 11.9 Å². The van der Waals surface area contributed by atoms with E-state index in [4.69, 9.17) is 9.47 Å². The van der Waals surface area contributed by atoms with Crippen LogP contribution in [0.25, 0.3) is 0 Å². The molecule has 1 unspecified atom stereocenters. The highest BCUT2D eigenvalue weighted by molar-refractivity contribution is 7.12. The Morgan fingerprint density at radius 2 is 1.18 bits per heavy atom. The van der Waals surface area contributed by atoms with Crippen molar-refractivity contribution in [3.05, 3.63) is 20.9 Å². The third kappa shape index (κ3) is 35.4. The van der Waals surface area contributed by atoms with E-state index in [1.165, 1.54) is 103 Å². The number of likely N-dealkylation sites (N-methyl/N-ethyl adjacent to an activating group) is 1. The van der Waals surface area contributed by atoms with Crippen molar-refractivity contribution in [3.63, 3.8) is 0 Å². The smallest absolute Gasteiger partial charge is 0.306 e. The molecule has 1 atom stereocenters. The predicted molar refractivity (Wildman–Crippen MR) is 280 cm³/mol. The lowest BCUT2D eigenvalue weighted by atomic mass is 10.0. The number of unbranched alkanes of at least 4 members (excludes halogenated alkanes) is 19. The molecule has 1 aliphatic rings. The average molecular weight is 951 g/mol. The molecule has 0 bridgehead atoms. The number of rotatable bonds is 37. The molecule has 0 aliphatic carbocycles. The van der Waals surface area contributed by atoms with Crippen LogP contribution in [0.3, 0.4) is 0 Å². The topological polar surface area (TPSA) is 122 Å². The van der Waals surface area contributed by atoms with Crippen LogP contribution in [0.4, 0.5) is 0 Å². The molecule has 1 aromatic heterocycles. The van der Waals surface area contributed by atoms with Crippen molar-refractivity contribution >= 4 is 41.4 Å². The SMILES string of the molecule is CC.CC.CCCCCCCCC(CCCCCC)OC(=O)CCCCC=O.CCCCCCCCCCCOC(=O)CCCCC(=O)N1CCc2c(sc(C)c2C(=O)NCCN(C)C)C1. The van der Waals surface area contributed by atoms with Crippen LogP contribution in [0, 0.1) is 6.92 Å². The summed E-state index contributed by atoms with van der Waals surface area (Å²) in [5.74, 6) is -0.106. The first-order valence-electron chi connectivity index (χ1n) is 27.2. The van der Waals surface area contributed by atoms with Gasteiger partial charge in [-0.2, -0.15) is 0 Å². The average Bonchev–Trinajstić information content (AvgIpc) is 3.65. The Morgan fingerprint density at radius 1 is 0.682 bits per heavy atom. The van der Waals surface area contributed by atoms with Gasteiger partial charge in [-0.15, -0.1) is 11.3 Å². The van der Waals surface area contributed by atoms with E-state index in [0.717, 1.165) is 78.7 Å². The highest BCUT2D eigenvalue weighted by Crippen LogP contribution is 2.33. The number of nitrogens with zero attached hydrogens (tertiary/aromatic N) is 2. The third-order valence-corrected chi connectivity index (χ3v) is 12.8. The van der Waals surface area contributed by atoms with Crippen LogP contribution in [0.5, 0.6) is 0 Å². The molecule has 0 spiro atoms. The number of carbonyl (C=O) groups is 5. The number of carbonyl (C=O) groups excluding carboxylic acids is 5. The molecule has 2 rings (SSSR count). The Bertz CT molecular complexity index is 1330. The lowest BCUT2D eigenvalue weighted by Crippen LogP contribution is -2.36. The maximum Gasteiger partial charge on any atom is 0.306 e. The number of nitrogens with one attached hydrogen (secondary N) is 1. The molecule has 11 heteroatoms. The first-order valence-corrected chi connectivity index (χ1v) is 28.0. The van der Waals surface area contributed by atoms with E-state index in [-0.39, 0.29) is 29.9 Å². The van der Waals surface area contributed by atoms with Crippen LogP contribution in [-0.2, 0) is 41.6 Å². The summed E-state index contributed by atoms with van der Waals surface area (Å²) in [6, 6.07) is 0. The minimum absolute atomic E-state index is 0.00804. The number of aldehydes is 1. The number of thiophene rings is 1. The van der Waals surface area contributed by atoms with Crippen LogP contribution in [0.2, 0.25) is 0 Å². The second-order valence-corrected chi connectivity index (χ2v) is 19.1. The molecular weight excluding hydrogens is 847 g/mol. The molecule has 386 valence electrons. The number of amides is 2. The Labute approximate surface area is 410 Å². The van der Waals surface area contributed by atoms with E-state index >= 15 is 0 Å². The highest BCUT2D eigenvalue weighted by atomic mass is 32.1. The van der Waals surface area contributed by atoms with E-state index in [2.05, 4.69) is 26.1 Å². The van der Waals surface area contributed by atoms with E-state index in [0.29, 0.717) is 71.2 Å². The molecule has 0 radical (unpaired) electrons. The van der Waals surface area contributed by atoms with Crippen LogP contribution in [0.15, 0.2) is 0 Å². The molecule has 1 aromatic rings. The molecule has 10 nitrogen and oxygen atoms in total. The summed E-state index contributed by atoms with van der Waals surface area (Å²) in [5.41, 5.74) is 1.91. The molecule has 0 saturated heterocycles. The van der Waals surface area contributed by atoms with Crippen molar-refractivity contribution in [2.45, 2.75) is 261 Å². The summed E-state index contributed by atoms with van der Waals surface area (Å²) in [5, 5.41) is 3.02. The minimum Gasteiger partial charge on any atom is -0.466 e. The number of fused-ring (bicyclic) bond motifs is 1. The van der Waals surface area contributed by atoms with Gasteiger partial charge in [-0.3, -0.25) is 19.2 Å². The molecule has 1 N–H and O–H groups in total. The van der Waals surface area contributed by atoms with Gasteiger partial charge in [0.2, 0.25) is 5.91 Å². The standard InChI is InChI=1S/C30H51N3O4S.C21H40O3.2C2H6/c1-5-6-7-8-9-10-11-12-15-22-37-28(35)17-14-13-16-27(34)33-20-18-25-26(23-33)38-24(2)29(25)30(36)31-19-21-32(3)4;1-3-5-7-9-10-13-17-20(16-12-8-6-4-2)24-21(23)18-14-11-15-19-22;2*1-2/h5-23H2,1-4H3,(H,31,36);19-20H,3-18H2,1-2H3;2*1-2H3. The van der Waals surface area contributed by atoms with E-state index in [1.54, 1.807) is 11.3 Å². The van der Waals surface area contributed by atoms with Crippen LogP contribution < -0.4 is 5.32 Å². The highest BCUT2D eigenvalue weighted by Gasteiger charge is 2.28. The van der Waals surface area contributed by atoms with Gasteiger partial charge in [-0.05, 0) is 90.8 Å². The normalized spacial score (nSPS) is 12.1. The molecule has 2 amide bonds. The number of aryl methyl sites for hydroxylation is 1. The fourth-order valence-corrected chi connectivity index (χ4v) is 9.10. The zero-order valence-corrected chi connectivity index (χ0v) is 45.4. The zero-order valence-electron chi connectivity index (χ0n) is 44.6. The fraction of sp³-hybridized carbons (Fsp3) is 0.836. The minimum atomic E-state index is -0.148. The van der Waals surface area contributed by atoms with E-state index in [1.807, 2.05) is 58.5 Å². The van der Waals surface area contributed by atoms with E-state index < -0.39 is 0 Å². The summed E-state index contributed by atoms with van der Waals surface area (Å²) in [7, 11) is 3.97. The van der Waals surface area contributed by atoms with Gasteiger partial charge in [0.25, 0.3) is 5.91 Å². The van der Waals surface area contributed by atoms with Gasteiger partial charge in [0, 0.05) is 55.1 Å². The molecular formula is C55H103N3O7S. The first kappa shape index (κ1) is 65.3. The first-order chi connectivity index (χ1) is 32.1. The van der Waals surface area contributed by atoms with Gasteiger partial charge in [0.1, 0.15) is 12.4 Å². The summed E-state index contributed by atoms with van der Waals surface area (Å²) in [6.45, 7) is 19.8. The summed E-state index contributed by atoms with van der Waals surface area (Å²) in [6.07, 6.45) is 32.3. The molecule has 2 heterocycles. The maximum atomic E-state index is 12.8. The van der Waals surface area contributed by atoms with Crippen molar-refractivity contribution in [1.82, 2.24) is 15.1 Å². The summed E-state index contributed by atoms with van der Waals surface area (Å²) in [4.78, 5) is 65.9.